The van der Waals surface area contributed by atoms with Crippen LogP contribution in [0.15, 0.2) is 60.8 Å². The minimum Gasteiger partial charge on any atom is -0.462 e. The highest BCUT2D eigenvalue weighted by Crippen LogP contribution is 2.43. The van der Waals surface area contributed by atoms with Crippen molar-refractivity contribution in [2.45, 2.75) is 168 Å². The number of esters is 2. The molecule has 0 aliphatic carbocycles. The Bertz CT molecular complexity index is 1000. The van der Waals surface area contributed by atoms with Crippen molar-refractivity contribution in [3.8, 4) is 0 Å². The Balaban J connectivity index is 4.24. The number of rotatable bonds is 35. The molecule has 288 valence electrons. The van der Waals surface area contributed by atoms with E-state index in [1.54, 1.807) is 6.92 Å². The van der Waals surface area contributed by atoms with Crippen LogP contribution in [0.2, 0.25) is 0 Å². The summed E-state index contributed by atoms with van der Waals surface area (Å²) in [6.45, 7) is 5.27. The lowest BCUT2D eigenvalue weighted by atomic mass is 10.1. The van der Waals surface area contributed by atoms with Gasteiger partial charge in [-0.05, 0) is 84.0 Å². The molecule has 0 saturated carbocycles. The van der Waals surface area contributed by atoms with Gasteiger partial charge in [-0.1, -0.05) is 126 Å². The van der Waals surface area contributed by atoms with Crippen LogP contribution in [0.25, 0.3) is 0 Å². The van der Waals surface area contributed by atoms with Gasteiger partial charge in [0.05, 0.1) is 13.2 Å². The standard InChI is InChI=1S/C41H71O8P/c1-4-7-9-11-13-15-17-19-21-23-25-27-29-31-33-35-40(42)46-37-39(38-48-50(44,45)47-6-3)49-41(43)36-34-32-30-28-26-24-22-20-18-16-14-12-10-8-5-2/h8,10,14,16,19-22,26,28,39H,4-7,9,11-13,15,17-18,23-25,27,29-38H2,1-3H3,(H,44,45)/b10-8-,16-14-,21-19-,22-20-,28-26-. The van der Waals surface area contributed by atoms with Crippen molar-refractivity contribution in [1.82, 2.24) is 0 Å². The molecule has 0 heterocycles. The summed E-state index contributed by atoms with van der Waals surface area (Å²) in [4.78, 5) is 34.6. The Kier molecular flexibility index (Phi) is 34.9. The molecule has 0 aromatic rings. The molecule has 0 saturated heterocycles. The summed E-state index contributed by atoms with van der Waals surface area (Å²) < 4.78 is 32.5. The number of phosphoric ester groups is 1. The number of carbonyl (C=O) groups excluding carboxylic acids is 2. The first-order valence-electron chi connectivity index (χ1n) is 19.6. The Hall–Kier alpha value is -2.25. The molecule has 0 rings (SSSR count). The lowest BCUT2D eigenvalue weighted by Crippen LogP contribution is -2.29. The van der Waals surface area contributed by atoms with Crippen molar-refractivity contribution in [2.75, 3.05) is 19.8 Å². The van der Waals surface area contributed by atoms with E-state index in [-0.39, 0.29) is 26.1 Å². The highest BCUT2D eigenvalue weighted by Gasteiger charge is 2.25. The first-order chi connectivity index (χ1) is 24.3. The average Bonchev–Trinajstić information content (AvgIpc) is 3.09. The molecular formula is C41H71O8P. The van der Waals surface area contributed by atoms with Gasteiger partial charge in [0.25, 0.3) is 0 Å². The molecule has 0 fully saturated rings. The smallest absolute Gasteiger partial charge is 0.462 e. The molecule has 8 nitrogen and oxygen atoms in total. The SMILES string of the molecule is CC/C=C\C/C=C\C/C=C\C/C=C\CCCCC(=O)OC(COC(=O)CCCCCCC/C=C\CCCCCCCC)COP(=O)(O)OCC. The van der Waals surface area contributed by atoms with Crippen molar-refractivity contribution < 1.29 is 37.6 Å². The maximum atomic E-state index is 12.5. The molecule has 0 aliphatic rings. The third-order valence-electron chi connectivity index (χ3n) is 7.81. The molecule has 0 bridgehead atoms. The van der Waals surface area contributed by atoms with Gasteiger partial charge in [-0.15, -0.1) is 0 Å². The molecule has 2 atom stereocenters. The Morgan fingerprint density at radius 1 is 0.560 bits per heavy atom. The van der Waals surface area contributed by atoms with E-state index in [2.05, 4.69) is 74.6 Å². The van der Waals surface area contributed by atoms with Crippen molar-refractivity contribution in [3.05, 3.63) is 60.8 Å². The fraction of sp³-hybridized carbons (Fsp3) is 0.707. The maximum Gasteiger partial charge on any atom is 0.472 e. The van der Waals surface area contributed by atoms with Crippen molar-refractivity contribution in [1.29, 1.82) is 0 Å². The zero-order valence-corrected chi connectivity index (χ0v) is 32.7. The van der Waals surface area contributed by atoms with E-state index >= 15 is 0 Å². The normalized spacial score (nSPS) is 14.1. The van der Waals surface area contributed by atoms with Crippen LogP contribution >= 0.6 is 7.82 Å². The van der Waals surface area contributed by atoms with E-state index in [4.69, 9.17) is 18.5 Å². The largest absolute Gasteiger partial charge is 0.472 e. The number of hydrogen-bond donors (Lipinski definition) is 1. The van der Waals surface area contributed by atoms with E-state index in [1.165, 1.54) is 44.9 Å². The average molecular weight is 723 g/mol. The van der Waals surface area contributed by atoms with Crippen LogP contribution in [0.5, 0.6) is 0 Å². The molecule has 1 N–H and O–H groups in total. The molecule has 0 spiro atoms. The maximum absolute atomic E-state index is 12.5. The van der Waals surface area contributed by atoms with E-state index in [0.717, 1.165) is 77.0 Å². The minimum atomic E-state index is -4.29. The quantitative estimate of drug-likeness (QED) is 0.0298. The summed E-state index contributed by atoms with van der Waals surface area (Å²) in [7, 11) is -4.29. The molecule has 0 radical (unpaired) electrons. The molecule has 50 heavy (non-hydrogen) atoms. The second-order valence-corrected chi connectivity index (χ2v) is 14.0. The van der Waals surface area contributed by atoms with Crippen molar-refractivity contribution in [3.63, 3.8) is 0 Å². The predicted molar refractivity (Wildman–Crippen MR) is 207 cm³/mol. The van der Waals surface area contributed by atoms with Crippen LogP contribution in [-0.4, -0.2) is 42.8 Å². The number of phosphoric acid groups is 1. The summed E-state index contributed by atoms with van der Waals surface area (Å²) >= 11 is 0. The lowest BCUT2D eigenvalue weighted by molar-refractivity contribution is -0.161. The van der Waals surface area contributed by atoms with Crippen LogP contribution in [-0.2, 0) is 32.7 Å². The van der Waals surface area contributed by atoms with Gasteiger partial charge in [0.2, 0.25) is 0 Å². The van der Waals surface area contributed by atoms with Gasteiger partial charge in [-0.3, -0.25) is 18.6 Å². The topological polar surface area (TPSA) is 108 Å². The summed E-state index contributed by atoms with van der Waals surface area (Å²) in [6.07, 6.45) is 42.8. The van der Waals surface area contributed by atoms with Gasteiger partial charge in [-0.25, -0.2) is 4.57 Å². The van der Waals surface area contributed by atoms with Crippen LogP contribution in [0, 0.1) is 0 Å². The van der Waals surface area contributed by atoms with E-state index in [0.29, 0.717) is 6.42 Å². The van der Waals surface area contributed by atoms with Crippen molar-refractivity contribution in [2.24, 2.45) is 0 Å². The first-order valence-corrected chi connectivity index (χ1v) is 21.1. The molecular weight excluding hydrogens is 651 g/mol. The van der Waals surface area contributed by atoms with Crippen LogP contribution in [0.3, 0.4) is 0 Å². The molecule has 2 unspecified atom stereocenters. The number of unbranched alkanes of at least 4 members (excludes halogenated alkanes) is 13. The second kappa shape index (κ2) is 36.5. The summed E-state index contributed by atoms with van der Waals surface area (Å²) in [6, 6.07) is 0. The number of ether oxygens (including phenoxy) is 2. The lowest BCUT2D eigenvalue weighted by Gasteiger charge is -2.19. The summed E-state index contributed by atoms with van der Waals surface area (Å²) in [5, 5.41) is 0. The molecule has 0 amide bonds. The molecule has 0 aromatic heterocycles. The summed E-state index contributed by atoms with van der Waals surface area (Å²) in [5.74, 6) is -0.861. The van der Waals surface area contributed by atoms with E-state index in [9.17, 15) is 19.0 Å². The van der Waals surface area contributed by atoms with Gasteiger partial charge < -0.3 is 14.4 Å². The monoisotopic (exact) mass is 722 g/mol. The van der Waals surface area contributed by atoms with Crippen LogP contribution < -0.4 is 0 Å². The highest BCUT2D eigenvalue weighted by atomic mass is 31.2. The first kappa shape index (κ1) is 47.8. The Morgan fingerprint density at radius 2 is 1.02 bits per heavy atom. The van der Waals surface area contributed by atoms with Crippen LogP contribution in [0.4, 0.5) is 0 Å². The molecule has 0 aliphatic heterocycles. The zero-order chi connectivity index (χ0) is 36.8. The number of allylic oxidation sites excluding steroid dienone is 10. The Morgan fingerprint density at radius 3 is 1.60 bits per heavy atom. The Labute approximate surface area is 305 Å². The predicted octanol–water partition coefficient (Wildman–Crippen LogP) is 12.0. The zero-order valence-electron chi connectivity index (χ0n) is 31.8. The van der Waals surface area contributed by atoms with Gasteiger partial charge in [-0.2, -0.15) is 0 Å². The van der Waals surface area contributed by atoms with Gasteiger partial charge in [0.15, 0.2) is 6.10 Å². The van der Waals surface area contributed by atoms with E-state index < -0.39 is 32.5 Å². The van der Waals surface area contributed by atoms with Gasteiger partial charge in [0, 0.05) is 12.8 Å². The fourth-order valence-electron chi connectivity index (χ4n) is 4.97. The number of hydrogen-bond acceptors (Lipinski definition) is 7. The number of carbonyl (C=O) groups is 2. The fourth-order valence-corrected chi connectivity index (χ4v) is 5.72. The van der Waals surface area contributed by atoms with E-state index in [1.807, 2.05) is 0 Å². The molecule has 0 aromatic carbocycles. The van der Waals surface area contributed by atoms with Gasteiger partial charge >= 0.3 is 19.8 Å². The van der Waals surface area contributed by atoms with Gasteiger partial charge in [0.1, 0.15) is 6.61 Å². The third-order valence-corrected chi connectivity index (χ3v) is 8.87. The second-order valence-electron chi connectivity index (χ2n) is 12.6. The minimum absolute atomic E-state index is 0.0115. The molecule has 9 heteroatoms. The van der Waals surface area contributed by atoms with Crippen LogP contribution in [0.1, 0.15) is 162 Å². The van der Waals surface area contributed by atoms with Crippen molar-refractivity contribution >= 4 is 19.8 Å². The summed E-state index contributed by atoms with van der Waals surface area (Å²) in [5.41, 5.74) is 0. The highest BCUT2D eigenvalue weighted by molar-refractivity contribution is 7.47. The third kappa shape index (κ3) is 35.6.